The van der Waals surface area contributed by atoms with E-state index in [9.17, 15) is 22.4 Å². The third-order valence-corrected chi connectivity index (χ3v) is 7.72. The van der Waals surface area contributed by atoms with Gasteiger partial charge in [-0.3, -0.25) is 10.1 Å². The molecule has 1 atom stereocenters. The number of imide groups is 1. The largest absolute Gasteiger partial charge is 0.492 e. The van der Waals surface area contributed by atoms with Gasteiger partial charge >= 0.3 is 6.03 Å². The fourth-order valence-electron chi connectivity index (χ4n) is 3.54. The van der Waals surface area contributed by atoms with Crippen LogP contribution in [0, 0.1) is 11.7 Å². The second-order valence-corrected chi connectivity index (χ2v) is 11.0. The van der Waals surface area contributed by atoms with E-state index in [2.05, 4.69) is 5.32 Å². The number of carbonyl (C=O) groups is 2. The molecule has 31 heavy (non-hydrogen) atoms. The Hall–Kier alpha value is -1.87. The number of urea groups is 1. The minimum atomic E-state index is -3.39. The molecule has 3 amide bonds. The van der Waals surface area contributed by atoms with Crippen LogP contribution in [0.4, 0.5) is 9.18 Å². The van der Waals surface area contributed by atoms with Crippen molar-refractivity contribution in [3.8, 4) is 5.75 Å². The zero-order valence-corrected chi connectivity index (χ0v) is 19.1. The molecule has 1 saturated heterocycles. The van der Waals surface area contributed by atoms with Crippen LogP contribution >= 0.6 is 11.6 Å². The predicted molar refractivity (Wildman–Crippen MR) is 116 cm³/mol. The van der Waals surface area contributed by atoms with E-state index in [4.69, 9.17) is 16.3 Å². The molecule has 0 radical (unpaired) electrons. The summed E-state index contributed by atoms with van der Waals surface area (Å²) in [5.74, 6) is -0.674. The van der Waals surface area contributed by atoms with E-state index < -0.39 is 27.6 Å². The van der Waals surface area contributed by atoms with E-state index in [0.717, 1.165) is 12.8 Å². The molecular formula is C21H28ClFN2O5S. The number of rotatable bonds is 12. The molecule has 0 unspecified atom stereocenters. The highest BCUT2D eigenvalue weighted by atomic mass is 35.5. The Labute approximate surface area is 187 Å². The number of sulfone groups is 1. The number of carbonyl (C=O) groups excluding carboxylic acids is 2. The number of benzene rings is 1. The van der Waals surface area contributed by atoms with Crippen molar-refractivity contribution in [3.63, 3.8) is 0 Å². The molecule has 1 aromatic carbocycles. The Balaban J connectivity index is 1.47. The number of halogens is 2. The maximum Gasteiger partial charge on any atom is 0.324 e. The van der Waals surface area contributed by atoms with Crippen LogP contribution in [0.25, 0.3) is 0 Å². The van der Waals surface area contributed by atoms with E-state index in [-0.39, 0.29) is 34.5 Å². The molecule has 2 fully saturated rings. The lowest BCUT2D eigenvalue weighted by molar-refractivity contribution is -0.118. The first kappa shape index (κ1) is 23.8. The Morgan fingerprint density at radius 1 is 1.26 bits per heavy atom. The molecule has 1 aliphatic carbocycles. The highest BCUT2D eigenvalue weighted by Crippen LogP contribution is 2.35. The van der Waals surface area contributed by atoms with Gasteiger partial charge in [0.25, 0.3) is 0 Å². The molecule has 0 bridgehead atoms. The predicted octanol–water partition coefficient (Wildman–Crippen LogP) is 3.51. The normalized spacial score (nSPS) is 17.7. The standard InChI is InChI=1S/C21H28ClFN2O5S/c1-14(16-9-19(17(22)10-18(16)23)30-12-15-5-6-15)13-31(28,29)8-4-2-3-7-25-11-20(26)24-21(25)27/h9-10,14-15H,2-8,11-13H2,1H3,(H,24,26,27)/t14-/m0/s1. The van der Waals surface area contributed by atoms with Crippen LogP contribution < -0.4 is 10.1 Å². The van der Waals surface area contributed by atoms with E-state index in [1.807, 2.05) is 0 Å². The number of unbranched alkanes of at least 4 members (excludes halogenated alkanes) is 2. The summed E-state index contributed by atoms with van der Waals surface area (Å²) >= 11 is 6.08. The van der Waals surface area contributed by atoms with Crippen molar-refractivity contribution >= 4 is 33.4 Å². The maximum atomic E-state index is 14.4. The van der Waals surface area contributed by atoms with Gasteiger partial charge < -0.3 is 9.64 Å². The lowest BCUT2D eigenvalue weighted by Crippen LogP contribution is -2.29. The average molecular weight is 475 g/mol. The molecular weight excluding hydrogens is 447 g/mol. The topological polar surface area (TPSA) is 92.8 Å². The third-order valence-electron chi connectivity index (χ3n) is 5.51. The molecule has 10 heteroatoms. The smallest absolute Gasteiger partial charge is 0.324 e. The van der Waals surface area contributed by atoms with Gasteiger partial charge in [0.1, 0.15) is 18.1 Å². The van der Waals surface area contributed by atoms with Gasteiger partial charge in [-0.05, 0) is 55.2 Å². The summed E-state index contributed by atoms with van der Waals surface area (Å²) in [4.78, 5) is 24.0. The van der Waals surface area contributed by atoms with Crippen molar-refractivity contribution in [1.82, 2.24) is 10.2 Å². The summed E-state index contributed by atoms with van der Waals surface area (Å²) in [5.41, 5.74) is 0.281. The van der Waals surface area contributed by atoms with E-state index in [0.29, 0.717) is 44.1 Å². The summed E-state index contributed by atoms with van der Waals surface area (Å²) in [6.45, 7) is 2.67. The highest BCUT2D eigenvalue weighted by Gasteiger charge is 2.26. The van der Waals surface area contributed by atoms with Crippen LogP contribution in [0.1, 0.15) is 50.5 Å². The number of hydrogen-bond acceptors (Lipinski definition) is 5. The Morgan fingerprint density at radius 3 is 2.65 bits per heavy atom. The SMILES string of the molecule is C[C@@H](CS(=O)(=O)CCCCCN1CC(=O)NC1=O)c1cc(OCC2CC2)c(Cl)cc1F. The summed E-state index contributed by atoms with van der Waals surface area (Å²) in [6, 6.07) is 2.29. The fourth-order valence-corrected chi connectivity index (χ4v) is 5.50. The first-order valence-electron chi connectivity index (χ1n) is 10.6. The van der Waals surface area contributed by atoms with Gasteiger partial charge in [-0.25, -0.2) is 17.6 Å². The van der Waals surface area contributed by atoms with Gasteiger partial charge in [0.15, 0.2) is 9.84 Å². The van der Waals surface area contributed by atoms with Gasteiger partial charge in [0, 0.05) is 6.54 Å². The minimum absolute atomic E-state index is 0.0112. The van der Waals surface area contributed by atoms with Gasteiger partial charge in [-0.1, -0.05) is 24.9 Å². The van der Waals surface area contributed by atoms with Crippen LogP contribution in [-0.2, 0) is 14.6 Å². The van der Waals surface area contributed by atoms with Crippen LogP contribution in [0.5, 0.6) is 5.75 Å². The second-order valence-electron chi connectivity index (χ2n) is 8.41. The van der Waals surface area contributed by atoms with Gasteiger partial charge in [0.05, 0.1) is 23.1 Å². The van der Waals surface area contributed by atoms with Crippen molar-refractivity contribution in [1.29, 1.82) is 0 Å². The highest BCUT2D eigenvalue weighted by molar-refractivity contribution is 7.91. The van der Waals surface area contributed by atoms with E-state index >= 15 is 0 Å². The number of ether oxygens (including phenoxy) is 1. The number of hydrogen-bond donors (Lipinski definition) is 1. The lowest BCUT2D eigenvalue weighted by atomic mass is 10.0. The summed E-state index contributed by atoms with van der Waals surface area (Å²) in [7, 11) is -3.39. The molecule has 1 aromatic rings. The van der Waals surface area contributed by atoms with Crippen LogP contribution in [0.3, 0.4) is 0 Å². The molecule has 7 nitrogen and oxygen atoms in total. The summed E-state index contributed by atoms with van der Waals surface area (Å²) < 4.78 is 45.1. The lowest BCUT2D eigenvalue weighted by Gasteiger charge is -2.16. The van der Waals surface area contributed by atoms with Crippen molar-refractivity contribution in [2.75, 3.05) is 31.2 Å². The zero-order valence-electron chi connectivity index (χ0n) is 17.5. The van der Waals surface area contributed by atoms with Crippen LogP contribution in [0.15, 0.2) is 12.1 Å². The molecule has 2 aliphatic rings. The van der Waals surface area contributed by atoms with Gasteiger partial charge in [-0.15, -0.1) is 0 Å². The van der Waals surface area contributed by atoms with Crippen molar-refractivity contribution < 1.29 is 27.1 Å². The number of amides is 3. The molecule has 3 rings (SSSR count). The molecule has 0 aromatic heterocycles. The van der Waals surface area contributed by atoms with Crippen LogP contribution in [-0.4, -0.2) is 56.5 Å². The zero-order chi connectivity index (χ0) is 22.6. The molecule has 1 N–H and O–H groups in total. The summed E-state index contributed by atoms with van der Waals surface area (Å²) in [6.07, 6.45) is 3.89. The van der Waals surface area contributed by atoms with Crippen LogP contribution in [0.2, 0.25) is 5.02 Å². The molecule has 172 valence electrons. The maximum absolute atomic E-state index is 14.4. The first-order valence-corrected chi connectivity index (χ1v) is 12.8. The number of nitrogens with zero attached hydrogens (tertiary/aromatic N) is 1. The summed E-state index contributed by atoms with van der Waals surface area (Å²) in [5, 5.41) is 2.39. The number of nitrogens with one attached hydrogen (secondary N) is 1. The Bertz CT molecular complexity index is 936. The molecule has 1 saturated carbocycles. The van der Waals surface area contributed by atoms with Crippen molar-refractivity contribution in [2.24, 2.45) is 5.92 Å². The monoisotopic (exact) mass is 474 g/mol. The molecule has 0 spiro atoms. The van der Waals surface area contributed by atoms with Gasteiger partial charge in [0.2, 0.25) is 5.91 Å². The van der Waals surface area contributed by atoms with Crippen molar-refractivity contribution in [2.45, 2.75) is 44.9 Å². The minimum Gasteiger partial charge on any atom is -0.492 e. The van der Waals surface area contributed by atoms with E-state index in [1.54, 1.807) is 6.92 Å². The Morgan fingerprint density at radius 2 is 2.00 bits per heavy atom. The molecule has 1 heterocycles. The van der Waals surface area contributed by atoms with Gasteiger partial charge in [-0.2, -0.15) is 0 Å². The second kappa shape index (κ2) is 10.2. The average Bonchev–Trinajstić information content (AvgIpc) is 3.44. The van der Waals surface area contributed by atoms with E-state index in [1.165, 1.54) is 17.0 Å². The third kappa shape index (κ3) is 7.07. The van der Waals surface area contributed by atoms with Crippen molar-refractivity contribution in [3.05, 3.63) is 28.5 Å². The first-order chi connectivity index (χ1) is 14.6. The molecule has 1 aliphatic heterocycles. The quantitative estimate of drug-likeness (QED) is 0.369. The fraction of sp³-hybridized carbons (Fsp3) is 0.619. The Kier molecular flexibility index (Phi) is 7.80.